The molecule has 1 unspecified atom stereocenters. The lowest BCUT2D eigenvalue weighted by atomic mass is 9.49. The lowest BCUT2D eigenvalue weighted by Crippen LogP contribution is -2.76. The molecular formula is C22H32N2O5. The Labute approximate surface area is 171 Å². The monoisotopic (exact) mass is 404 g/mol. The Hall–Kier alpha value is -1.96. The van der Waals surface area contributed by atoms with E-state index in [1.807, 2.05) is 12.1 Å². The summed E-state index contributed by atoms with van der Waals surface area (Å²) in [5, 5.41) is 29.1. The second-order valence-electron chi connectivity index (χ2n) is 9.42. The molecule has 1 aliphatic heterocycles. The number of carbonyl (C=O) groups is 2. The molecule has 2 fully saturated rings. The van der Waals surface area contributed by atoms with Crippen LogP contribution >= 0.6 is 0 Å². The zero-order valence-electron chi connectivity index (χ0n) is 17.5. The molecule has 4 N–H and O–H groups in total. The van der Waals surface area contributed by atoms with Gasteiger partial charge in [-0.25, -0.2) is 0 Å². The Kier molecular flexibility index (Phi) is 5.53. The topological polar surface area (TPSA) is 124 Å². The zero-order valence-corrected chi connectivity index (χ0v) is 17.5. The molecule has 160 valence electrons. The highest BCUT2D eigenvalue weighted by molar-refractivity contribution is 5.93. The molecule has 29 heavy (non-hydrogen) atoms. The molecule has 2 bridgehead atoms. The maximum Gasteiger partial charge on any atom is 0.248 e. The molecule has 7 heteroatoms. The summed E-state index contributed by atoms with van der Waals surface area (Å²) in [6.07, 6.45) is 4.68. The summed E-state index contributed by atoms with van der Waals surface area (Å²) in [4.78, 5) is 21.0. The largest absolute Gasteiger partial charge is 0.547 e. The third-order valence-corrected chi connectivity index (χ3v) is 7.41. The van der Waals surface area contributed by atoms with E-state index >= 15 is 0 Å². The van der Waals surface area contributed by atoms with Crippen LogP contribution < -0.4 is 10.8 Å². The minimum atomic E-state index is -1.44. The summed E-state index contributed by atoms with van der Waals surface area (Å²) >= 11 is 0. The van der Waals surface area contributed by atoms with Gasteiger partial charge in [0.15, 0.2) is 0 Å². The Morgan fingerprint density at radius 1 is 1.24 bits per heavy atom. The minimum Gasteiger partial charge on any atom is -0.547 e. The number of hydrogen-bond acceptors (Lipinski definition) is 5. The summed E-state index contributed by atoms with van der Waals surface area (Å²) in [7, 11) is 4.51. The van der Waals surface area contributed by atoms with Crippen LogP contribution in [-0.4, -0.2) is 65.0 Å². The van der Waals surface area contributed by atoms with Gasteiger partial charge in [-0.3, -0.25) is 4.79 Å². The number of likely N-dealkylation sites (N-methyl/N-ethyl adjacent to an activating group) is 1. The van der Waals surface area contributed by atoms with E-state index in [4.69, 9.17) is 10.8 Å². The summed E-state index contributed by atoms with van der Waals surface area (Å²) in [5.41, 5.74) is 7.74. The maximum absolute atomic E-state index is 11.8. The smallest absolute Gasteiger partial charge is 0.248 e. The average Bonchev–Trinajstić information content (AvgIpc) is 2.65. The number of amides is 1. The number of hydrogen-bond donors (Lipinski definition) is 3. The van der Waals surface area contributed by atoms with E-state index in [1.165, 1.54) is 11.1 Å². The number of benzene rings is 1. The molecular weight excluding hydrogens is 372 g/mol. The Morgan fingerprint density at radius 3 is 2.45 bits per heavy atom. The molecule has 0 aromatic heterocycles. The second kappa shape index (κ2) is 7.38. The van der Waals surface area contributed by atoms with Crippen molar-refractivity contribution in [3.05, 3.63) is 34.9 Å². The van der Waals surface area contributed by atoms with Gasteiger partial charge >= 0.3 is 0 Å². The molecule has 4 rings (SSSR count). The first kappa shape index (κ1) is 21.7. The van der Waals surface area contributed by atoms with Crippen molar-refractivity contribution < 1.29 is 29.4 Å². The number of carbonyl (C=O) groups excluding carboxylic acids is 2. The van der Waals surface area contributed by atoms with Gasteiger partial charge in [0.1, 0.15) is 11.6 Å². The number of aliphatic hydroxyl groups is 2. The third-order valence-electron chi connectivity index (χ3n) is 7.41. The van der Waals surface area contributed by atoms with Gasteiger partial charge in [0.2, 0.25) is 5.91 Å². The number of fused-ring (bicyclic) bond motifs is 1. The first-order valence-electron chi connectivity index (χ1n) is 10.3. The van der Waals surface area contributed by atoms with Crippen LogP contribution in [0.4, 0.5) is 0 Å². The van der Waals surface area contributed by atoms with Crippen LogP contribution in [0.15, 0.2) is 18.2 Å². The van der Waals surface area contributed by atoms with Gasteiger partial charge in [0.05, 0.1) is 32.7 Å². The van der Waals surface area contributed by atoms with Crippen LogP contribution in [-0.2, 0) is 16.6 Å². The summed E-state index contributed by atoms with van der Waals surface area (Å²) in [6, 6.07) is 6.14. The molecule has 7 nitrogen and oxygen atoms in total. The lowest BCUT2D eigenvalue weighted by Gasteiger charge is -2.64. The molecule has 0 radical (unpaired) electrons. The highest BCUT2D eigenvalue weighted by Crippen LogP contribution is 2.59. The van der Waals surface area contributed by atoms with Crippen LogP contribution in [0.1, 0.15) is 60.5 Å². The van der Waals surface area contributed by atoms with Crippen molar-refractivity contribution >= 4 is 11.9 Å². The summed E-state index contributed by atoms with van der Waals surface area (Å²) in [6.45, 7) is 2.21. The Morgan fingerprint density at radius 2 is 1.86 bits per heavy atom. The third kappa shape index (κ3) is 3.45. The molecule has 4 atom stereocenters. The Balaban J connectivity index is 0.000000353. The number of primary amides is 1. The fraction of sp³-hybridized carbons (Fsp3) is 0.636. The number of aliphatic hydroxyl groups excluding tert-OH is 1. The molecule has 0 spiro atoms. The fourth-order valence-corrected chi connectivity index (χ4v) is 5.80. The molecule has 1 aromatic carbocycles. The number of nitrogens with zero attached hydrogens (tertiary/aromatic N) is 1. The molecule has 1 aromatic rings. The van der Waals surface area contributed by atoms with Gasteiger partial charge in [-0.15, -0.1) is 0 Å². The number of carboxylic acids is 1. The SMILES string of the molecule is CC(O)C(=O)[O-].C[N+]1(C)CC[C@]23CCCC[C@@]2(O)[C@H]1Cc1ccc(C(N)=O)cc13. The highest BCUT2D eigenvalue weighted by Gasteiger charge is 2.67. The molecule has 1 saturated carbocycles. The van der Waals surface area contributed by atoms with Crippen molar-refractivity contribution in [1.29, 1.82) is 0 Å². The van der Waals surface area contributed by atoms with Crippen molar-refractivity contribution in [3.8, 4) is 0 Å². The highest BCUT2D eigenvalue weighted by atomic mass is 16.4. The van der Waals surface area contributed by atoms with Crippen molar-refractivity contribution in [2.75, 3.05) is 20.6 Å². The van der Waals surface area contributed by atoms with Gasteiger partial charge in [-0.05, 0) is 43.0 Å². The first-order chi connectivity index (χ1) is 13.4. The van der Waals surface area contributed by atoms with Crippen LogP contribution in [0.2, 0.25) is 0 Å². The van der Waals surface area contributed by atoms with Crippen LogP contribution in [0.5, 0.6) is 0 Å². The maximum atomic E-state index is 11.8. The summed E-state index contributed by atoms with van der Waals surface area (Å²) in [5.74, 6) is -1.81. The minimum absolute atomic E-state index is 0.192. The number of likely N-dealkylation sites (tertiary alicyclic amines) is 1. The van der Waals surface area contributed by atoms with Gasteiger partial charge in [-0.1, -0.05) is 18.9 Å². The second-order valence-corrected chi connectivity index (χ2v) is 9.42. The van der Waals surface area contributed by atoms with E-state index < -0.39 is 17.7 Å². The number of rotatable bonds is 2. The van der Waals surface area contributed by atoms with E-state index in [9.17, 15) is 19.8 Å². The summed E-state index contributed by atoms with van der Waals surface area (Å²) < 4.78 is 0.884. The lowest BCUT2D eigenvalue weighted by molar-refractivity contribution is -0.931. The number of carboxylic acid groups (broad SMARTS) is 1. The van der Waals surface area contributed by atoms with Gasteiger partial charge in [0, 0.05) is 23.8 Å². The van der Waals surface area contributed by atoms with E-state index in [2.05, 4.69) is 20.2 Å². The molecule has 3 aliphatic rings. The Bertz CT molecular complexity index is 821. The van der Waals surface area contributed by atoms with E-state index in [1.54, 1.807) is 0 Å². The van der Waals surface area contributed by atoms with Crippen molar-refractivity contribution in [2.45, 2.75) is 68.6 Å². The van der Waals surface area contributed by atoms with E-state index in [-0.39, 0.29) is 17.4 Å². The standard InChI is InChI=1S/C19H26N2O2.C3H6O3/c1-21(2)10-9-18-7-3-4-8-19(18,23)16(21)12-13-5-6-14(17(20)22)11-15(13)18;1-2(4)3(5)6/h5-6,11,16,23H,3-4,7-10,12H2,1-2H3,(H-,20,22);2,4H,1H3,(H,5,6)/t16-,18+,19-;/m1./s1. The van der Waals surface area contributed by atoms with Gasteiger partial charge < -0.3 is 30.3 Å². The van der Waals surface area contributed by atoms with Gasteiger partial charge in [0.25, 0.3) is 0 Å². The van der Waals surface area contributed by atoms with Crippen molar-refractivity contribution in [2.24, 2.45) is 5.73 Å². The van der Waals surface area contributed by atoms with Crippen molar-refractivity contribution in [1.82, 2.24) is 0 Å². The molecule has 2 aliphatic carbocycles. The van der Waals surface area contributed by atoms with Crippen LogP contribution in [0.3, 0.4) is 0 Å². The van der Waals surface area contributed by atoms with E-state index in [0.29, 0.717) is 5.56 Å². The number of aliphatic carboxylic acids is 1. The van der Waals surface area contributed by atoms with E-state index in [0.717, 1.165) is 56.5 Å². The number of piperidine rings is 1. The molecule has 1 amide bonds. The molecule has 1 heterocycles. The number of nitrogens with two attached hydrogens (primary N) is 1. The van der Waals surface area contributed by atoms with Crippen LogP contribution in [0, 0.1) is 0 Å². The first-order valence-corrected chi connectivity index (χ1v) is 10.3. The predicted octanol–water partition coefficient (Wildman–Crippen LogP) is -0.150. The number of quaternary nitrogens is 1. The zero-order chi connectivity index (χ0) is 21.6. The average molecular weight is 405 g/mol. The fourth-order valence-electron chi connectivity index (χ4n) is 5.80. The predicted molar refractivity (Wildman–Crippen MR) is 106 cm³/mol. The van der Waals surface area contributed by atoms with Gasteiger partial charge in [-0.2, -0.15) is 0 Å². The van der Waals surface area contributed by atoms with Crippen molar-refractivity contribution in [3.63, 3.8) is 0 Å². The normalized spacial score (nSPS) is 32.7. The van der Waals surface area contributed by atoms with Crippen LogP contribution in [0.25, 0.3) is 0 Å². The molecule has 1 saturated heterocycles. The quantitative estimate of drug-likeness (QED) is 0.592.